The third-order valence-electron chi connectivity index (χ3n) is 2.27. The monoisotopic (exact) mass is 256 g/mol. The Bertz CT molecular complexity index is 429. The van der Waals surface area contributed by atoms with Crippen LogP contribution in [-0.4, -0.2) is 24.0 Å². The van der Waals surface area contributed by atoms with Crippen LogP contribution in [0.2, 0.25) is 5.02 Å². The molecule has 0 aliphatic heterocycles. The number of aliphatic carboxylic acids is 1. The van der Waals surface area contributed by atoms with Crippen molar-refractivity contribution in [1.29, 1.82) is 0 Å². The number of carbonyl (C=O) groups excluding carboxylic acids is 1. The molecule has 1 N–H and O–H groups in total. The maximum absolute atomic E-state index is 11.8. The van der Waals surface area contributed by atoms with Gasteiger partial charge in [0.2, 0.25) is 0 Å². The van der Waals surface area contributed by atoms with E-state index in [2.05, 4.69) is 0 Å². The molecule has 17 heavy (non-hydrogen) atoms. The molecule has 1 aromatic carbocycles. The van der Waals surface area contributed by atoms with Crippen LogP contribution < -0.4 is 4.74 Å². The van der Waals surface area contributed by atoms with E-state index in [1.54, 1.807) is 18.2 Å². The quantitative estimate of drug-likeness (QED) is 0.795. The van der Waals surface area contributed by atoms with Crippen molar-refractivity contribution in [2.75, 3.05) is 7.11 Å². The Kier molecular flexibility index (Phi) is 4.97. The van der Waals surface area contributed by atoms with Gasteiger partial charge >= 0.3 is 5.97 Å². The molecule has 5 heteroatoms. The summed E-state index contributed by atoms with van der Waals surface area (Å²) >= 11 is 5.90. The number of hydrogen-bond acceptors (Lipinski definition) is 3. The van der Waals surface area contributed by atoms with E-state index in [1.807, 2.05) is 0 Å². The van der Waals surface area contributed by atoms with E-state index >= 15 is 0 Å². The summed E-state index contributed by atoms with van der Waals surface area (Å²) in [5.74, 6) is -0.527. The first kappa shape index (κ1) is 13.5. The average molecular weight is 257 g/mol. The molecule has 0 aromatic heterocycles. The lowest BCUT2D eigenvalue weighted by Gasteiger charge is -2.05. The second kappa shape index (κ2) is 6.25. The molecule has 0 radical (unpaired) electrons. The van der Waals surface area contributed by atoms with E-state index in [0.29, 0.717) is 22.8 Å². The molecule has 0 spiro atoms. The zero-order valence-electron chi connectivity index (χ0n) is 9.40. The summed E-state index contributed by atoms with van der Waals surface area (Å²) in [7, 11) is 1.50. The standard InChI is InChI=1S/C12H13ClO4/c1-17-8-5-6-10(13)9(7-8)11(14)3-2-4-12(15)16/h5-7H,2-4H2,1H3,(H,15,16). The lowest BCUT2D eigenvalue weighted by atomic mass is 10.1. The molecule has 4 nitrogen and oxygen atoms in total. The Morgan fingerprint density at radius 3 is 2.65 bits per heavy atom. The molecule has 0 bridgehead atoms. The number of ether oxygens (including phenoxy) is 1. The van der Waals surface area contributed by atoms with Gasteiger partial charge in [0.05, 0.1) is 12.1 Å². The summed E-state index contributed by atoms with van der Waals surface area (Å²) in [4.78, 5) is 22.1. The summed E-state index contributed by atoms with van der Waals surface area (Å²) in [6, 6.07) is 4.81. The highest BCUT2D eigenvalue weighted by Gasteiger charge is 2.12. The molecule has 0 saturated carbocycles. The second-order valence-corrected chi connectivity index (χ2v) is 3.92. The summed E-state index contributed by atoms with van der Waals surface area (Å²) in [5, 5.41) is 8.83. The van der Waals surface area contributed by atoms with Gasteiger partial charge in [-0.05, 0) is 24.6 Å². The zero-order chi connectivity index (χ0) is 12.8. The Morgan fingerprint density at radius 2 is 2.06 bits per heavy atom. The van der Waals surface area contributed by atoms with Gasteiger partial charge in [0.1, 0.15) is 5.75 Å². The van der Waals surface area contributed by atoms with Crippen LogP contribution in [0.5, 0.6) is 5.75 Å². The average Bonchev–Trinajstić information content (AvgIpc) is 2.29. The number of carboxylic acid groups (broad SMARTS) is 1. The molecule has 0 unspecified atom stereocenters. The number of benzene rings is 1. The van der Waals surface area contributed by atoms with Crippen LogP contribution >= 0.6 is 11.6 Å². The molecule has 1 rings (SSSR count). The number of ketones is 1. The lowest BCUT2D eigenvalue weighted by molar-refractivity contribution is -0.137. The molecular weight excluding hydrogens is 244 g/mol. The van der Waals surface area contributed by atoms with Gasteiger partial charge in [-0.3, -0.25) is 9.59 Å². The molecule has 0 atom stereocenters. The maximum Gasteiger partial charge on any atom is 0.303 e. The molecule has 0 aliphatic rings. The summed E-state index contributed by atoms with van der Waals surface area (Å²) in [6.45, 7) is 0. The van der Waals surface area contributed by atoms with Gasteiger partial charge in [0, 0.05) is 18.4 Å². The van der Waals surface area contributed by atoms with Crippen LogP contribution in [0.15, 0.2) is 18.2 Å². The lowest BCUT2D eigenvalue weighted by Crippen LogP contribution is -2.03. The fraction of sp³-hybridized carbons (Fsp3) is 0.333. The highest BCUT2D eigenvalue weighted by molar-refractivity contribution is 6.34. The number of halogens is 1. The molecule has 0 fully saturated rings. The van der Waals surface area contributed by atoms with Gasteiger partial charge in [-0.25, -0.2) is 0 Å². The fourth-order valence-corrected chi connectivity index (χ4v) is 1.60. The Balaban J connectivity index is 2.70. The van der Waals surface area contributed by atoms with Crippen LogP contribution in [0.4, 0.5) is 0 Å². The number of hydrogen-bond donors (Lipinski definition) is 1. The van der Waals surface area contributed by atoms with Gasteiger partial charge < -0.3 is 9.84 Å². The molecule has 92 valence electrons. The molecular formula is C12H13ClO4. The van der Waals surface area contributed by atoms with E-state index in [4.69, 9.17) is 21.4 Å². The van der Waals surface area contributed by atoms with E-state index in [0.717, 1.165) is 0 Å². The Hall–Kier alpha value is -1.55. The first-order chi connectivity index (χ1) is 8.04. The van der Waals surface area contributed by atoms with E-state index < -0.39 is 5.97 Å². The van der Waals surface area contributed by atoms with Crippen LogP contribution in [0.25, 0.3) is 0 Å². The van der Waals surface area contributed by atoms with Gasteiger partial charge in [-0.2, -0.15) is 0 Å². The minimum atomic E-state index is -0.908. The highest BCUT2D eigenvalue weighted by atomic mass is 35.5. The minimum Gasteiger partial charge on any atom is -0.497 e. The third-order valence-corrected chi connectivity index (χ3v) is 2.60. The Morgan fingerprint density at radius 1 is 1.35 bits per heavy atom. The predicted molar refractivity (Wildman–Crippen MR) is 63.8 cm³/mol. The van der Waals surface area contributed by atoms with Gasteiger partial charge in [-0.1, -0.05) is 11.6 Å². The van der Waals surface area contributed by atoms with E-state index in [1.165, 1.54) is 7.11 Å². The fourth-order valence-electron chi connectivity index (χ4n) is 1.38. The van der Waals surface area contributed by atoms with Gasteiger partial charge in [0.25, 0.3) is 0 Å². The van der Waals surface area contributed by atoms with E-state index in [9.17, 15) is 9.59 Å². The second-order valence-electron chi connectivity index (χ2n) is 3.52. The number of carbonyl (C=O) groups is 2. The molecule has 0 amide bonds. The molecule has 0 heterocycles. The van der Waals surface area contributed by atoms with Crippen molar-refractivity contribution in [3.05, 3.63) is 28.8 Å². The summed E-state index contributed by atoms with van der Waals surface area (Å²) < 4.78 is 5.00. The van der Waals surface area contributed by atoms with Crippen LogP contribution in [0.3, 0.4) is 0 Å². The summed E-state index contributed by atoms with van der Waals surface area (Å²) in [5.41, 5.74) is 0.372. The van der Waals surface area contributed by atoms with Crippen molar-refractivity contribution >= 4 is 23.4 Å². The first-order valence-corrected chi connectivity index (χ1v) is 5.51. The van der Waals surface area contributed by atoms with Crippen LogP contribution in [-0.2, 0) is 4.79 Å². The summed E-state index contributed by atoms with van der Waals surface area (Å²) in [6.07, 6.45) is 0.453. The van der Waals surface area contributed by atoms with Crippen molar-refractivity contribution < 1.29 is 19.4 Å². The van der Waals surface area contributed by atoms with Crippen molar-refractivity contribution in [2.24, 2.45) is 0 Å². The molecule has 1 aromatic rings. The Labute approximate surface area is 104 Å². The van der Waals surface area contributed by atoms with Crippen molar-refractivity contribution in [1.82, 2.24) is 0 Å². The highest BCUT2D eigenvalue weighted by Crippen LogP contribution is 2.23. The predicted octanol–water partition coefficient (Wildman–Crippen LogP) is 2.79. The van der Waals surface area contributed by atoms with Gasteiger partial charge in [-0.15, -0.1) is 0 Å². The number of carboxylic acids is 1. The van der Waals surface area contributed by atoms with Gasteiger partial charge in [0.15, 0.2) is 5.78 Å². The van der Waals surface area contributed by atoms with Crippen molar-refractivity contribution in [3.8, 4) is 5.75 Å². The number of rotatable bonds is 6. The van der Waals surface area contributed by atoms with Crippen molar-refractivity contribution in [2.45, 2.75) is 19.3 Å². The SMILES string of the molecule is COc1ccc(Cl)c(C(=O)CCCC(=O)O)c1. The van der Waals surface area contributed by atoms with Crippen LogP contribution in [0, 0.1) is 0 Å². The maximum atomic E-state index is 11.8. The topological polar surface area (TPSA) is 63.6 Å². The minimum absolute atomic E-state index is 0.0205. The van der Waals surface area contributed by atoms with Crippen LogP contribution in [0.1, 0.15) is 29.6 Å². The largest absolute Gasteiger partial charge is 0.497 e. The zero-order valence-corrected chi connectivity index (χ0v) is 10.2. The number of methoxy groups -OCH3 is 1. The third kappa shape index (κ3) is 4.07. The normalized spacial score (nSPS) is 10.0. The number of Topliss-reactive ketones (excluding diaryl/α,β-unsaturated/α-hetero) is 1. The molecule has 0 aliphatic carbocycles. The first-order valence-electron chi connectivity index (χ1n) is 5.13. The smallest absolute Gasteiger partial charge is 0.303 e. The van der Waals surface area contributed by atoms with Crippen molar-refractivity contribution in [3.63, 3.8) is 0 Å². The molecule has 0 saturated heterocycles. The van der Waals surface area contributed by atoms with E-state index in [-0.39, 0.29) is 18.6 Å².